The van der Waals surface area contributed by atoms with E-state index in [1.165, 1.54) is 0 Å². The number of rotatable bonds is 4. The van der Waals surface area contributed by atoms with Crippen LogP contribution in [0.5, 0.6) is 0 Å². The number of halogens is 2. The van der Waals surface area contributed by atoms with Gasteiger partial charge in [0.1, 0.15) is 0 Å². The number of nitrogens with zero attached hydrogens (tertiary/aromatic N) is 2. The highest BCUT2D eigenvalue weighted by Gasteiger charge is 2.09. The third-order valence-electron chi connectivity index (χ3n) is 4.75. The summed E-state index contributed by atoms with van der Waals surface area (Å²) in [7, 11) is 0. The summed E-state index contributed by atoms with van der Waals surface area (Å²) in [5, 5.41) is 8.68. The largest absolute Gasteiger partial charge is 0.289 e. The van der Waals surface area contributed by atoms with Gasteiger partial charge >= 0.3 is 0 Å². The Morgan fingerprint density at radius 1 is 0.618 bits per heavy atom. The van der Waals surface area contributed by atoms with E-state index >= 15 is 0 Å². The highest BCUT2D eigenvalue weighted by Crippen LogP contribution is 2.17. The molecule has 4 rings (SSSR count). The molecule has 0 aliphatic rings. The van der Waals surface area contributed by atoms with Crippen molar-refractivity contribution in [2.75, 3.05) is 0 Å². The molecule has 0 aromatic heterocycles. The maximum Gasteiger partial charge on any atom is 0.193 e. The highest BCUT2D eigenvalue weighted by atomic mass is 79.9. The van der Waals surface area contributed by atoms with Gasteiger partial charge in [-0.25, -0.2) is 4.85 Å². The van der Waals surface area contributed by atoms with Gasteiger partial charge in [-0.1, -0.05) is 56.1 Å². The van der Waals surface area contributed by atoms with Gasteiger partial charge in [-0.3, -0.25) is 9.59 Å². The van der Waals surface area contributed by atoms with Crippen LogP contribution in [0.15, 0.2) is 106 Å². The zero-order valence-corrected chi connectivity index (χ0v) is 20.9. The quantitative estimate of drug-likeness (QED) is 0.185. The zero-order valence-electron chi connectivity index (χ0n) is 17.7. The fraction of sp³-hybridized carbons (Fsp3) is 0. The minimum absolute atomic E-state index is 0.0417. The van der Waals surface area contributed by atoms with Crippen molar-refractivity contribution in [1.82, 2.24) is 0 Å². The molecule has 0 bridgehead atoms. The zero-order chi connectivity index (χ0) is 24.5. The fourth-order valence-corrected chi connectivity index (χ4v) is 3.45. The number of benzene rings is 4. The van der Waals surface area contributed by atoms with Crippen molar-refractivity contribution in [2.24, 2.45) is 0 Å². The highest BCUT2D eigenvalue weighted by molar-refractivity contribution is 9.10. The first-order valence-electron chi connectivity index (χ1n) is 9.99. The average Bonchev–Trinajstić information content (AvgIpc) is 2.89. The van der Waals surface area contributed by atoms with Crippen LogP contribution in [0, 0.1) is 17.9 Å². The summed E-state index contributed by atoms with van der Waals surface area (Å²) in [4.78, 5) is 27.4. The second-order valence-corrected chi connectivity index (χ2v) is 8.85. The molecule has 0 saturated carbocycles. The second-order valence-electron chi connectivity index (χ2n) is 7.02. The third kappa shape index (κ3) is 6.59. The first-order valence-corrected chi connectivity index (χ1v) is 11.6. The molecule has 0 radical (unpaired) electrons. The predicted octanol–water partition coefficient (Wildman–Crippen LogP) is 7.78. The number of hydrogen-bond acceptors (Lipinski definition) is 3. The normalized spacial score (nSPS) is 9.65. The maximum absolute atomic E-state index is 12.1. The second kappa shape index (κ2) is 11.9. The standard InChI is InChI=1S/C15H8N2O.C13H8Br2O/c1-17-14-8-6-13(7-9-14)15(18)12-4-2-11(10-16)3-5-12;14-11-5-1-9(2-6-11)13(16)10-3-7-12(15)8-4-10/h2-9H;1-8H. The van der Waals surface area contributed by atoms with Crippen LogP contribution in [0.1, 0.15) is 37.4 Å². The molecule has 0 atom stereocenters. The van der Waals surface area contributed by atoms with E-state index in [2.05, 4.69) is 36.7 Å². The molecule has 164 valence electrons. The van der Waals surface area contributed by atoms with E-state index in [1.54, 1.807) is 48.5 Å². The summed E-state index contributed by atoms with van der Waals surface area (Å²) >= 11 is 6.69. The first kappa shape index (κ1) is 24.8. The SMILES string of the molecule is O=C(c1ccc(Br)cc1)c1ccc(Br)cc1.[C-]#[N+]c1ccc(C(=O)c2ccc(C#N)cc2)cc1. The minimum Gasteiger partial charge on any atom is -0.289 e. The van der Waals surface area contributed by atoms with E-state index in [0.29, 0.717) is 33.5 Å². The van der Waals surface area contributed by atoms with Crippen LogP contribution < -0.4 is 0 Å². The maximum atomic E-state index is 12.1. The van der Waals surface area contributed by atoms with Crippen LogP contribution in [0.25, 0.3) is 4.85 Å². The van der Waals surface area contributed by atoms with Crippen molar-refractivity contribution in [2.45, 2.75) is 0 Å². The summed E-state index contributed by atoms with van der Waals surface area (Å²) in [6, 6.07) is 29.7. The summed E-state index contributed by atoms with van der Waals surface area (Å²) in [5.41, 5.74) is 3.49. The molecule has 0 heterocycles. The molecule has 4 aromatic rings. The lowest BCUT2D eigenvalue weighted by atomic mass is 10.0. The van der Waals surface area contributed by atoms with E-state index in [9.17, 15) is 9.59 Å². The molecule has 34 heavy (non-hydrogen) atoms. The lowest BCUT2D eigenvalue weighted by Gasteiger charge is -2.01. The van der Waals surface area contributed by atoms with Crippen molar-refractivity contribution in [3.8, 4) is 6.07 Å². The Hall–Kier alpha value is -3.84. The number of carbonyl (C=O) groups excluding carboxylic acids is 2. The lowest BCUT2D eigenvalue weighted by Crippen LogP contribution is -2.00. The Balaban J connectivity index is 0.000000192. The van der Waals surface area contributed by atoms with Crippen LogP contribution in [0.3, 0.4) is 0 Å². The minimum atomic E-state index is -0.115. The van der Waals surface area contributed by atoms with Gasteiger partial charge in [0.05, 0.1) is 18.2 Å². The summed E-state index contributed by atoms with van der Waals surface area (Å²) in [6.07, 6.45) is 0. The van der Waals surface area contributed by atoms with Gasteiger partial charge in [-0.05, 0) is 72.8 Å². The van der Waals surface area contributed by atoms with E-state index in [0.717, 1.165) is 8.95 Å². The molecule has 0 aliphatic heterocycles. The van der Waals surface area contributed by atoms with E-state index in [-0.39, 0.29) is 11.6 Å². The fourth-order valence-electron chi connectivity index (χ4n) is 2.92. The van der Waals surface area contributed by atoms with Crippen molar-refractivity contribution in [3.63, 3.8) is 0 Å². The van der Waals surface area contributed by atoms with Crippen molar-refractivity contribution in [1.29, 1.82) is 5.26 Å². The smallest absolute Gasteiger partial charge is 0.193 e. The Morgan fingerprint density at radius 2 is 0.941 bits per heavy atom. The van der Waals surface area contributed by atoms with Crippen LogP contribution >= 0.6 is 31.9 Å². The van der Waals surface area contributed by atoms with Gasteiger partial charge in [0.15, 0.2) is 17.3 Å². The molecule has 0 saturated heterocycles. The molecule has 0 unspecified atom stereocenters. The van der Waals surface area contributed by atoms with Crippen LogP contribution in [0.4, 0.5) is 5.69 Å². The van der Waals surface area contributed by atoms with E-state index in [4.69, 9.17) is 11.8 Å². The van der Waals surface area contributed by atoms with Crippen LogP contribution in [-0.4, -0.2) is 11.6 Å². The van der Waals surface area contributed by atoms with Gasteiger partial charge in [0.25, 0.3) is 0 Å². The molecular weight excluding hydrogens is 556 g/mol. The number of carbonyl (C=O) groups is 2. The van der Waals surface area contributed by atoms with Crippen molar-refractivity contribution in [3.05, 3.63) is 145 Å². The number of ketones is 2. The topological polar surface area (TPSA) is 62.3 Å². The summed E-state index contributed by atoms with van der Waals surface area (Å²) < 4.78 is 1.94. The van der Waals surface area contributed by atoms with Gasteiger partial charge in [0.2, 0.25) is 0 Å². The first-order chi connectivity index (χ1) is 16.4. The molecule has 4 aromatic carbocycles. The monoisotopic (exact) mass is 570 g/mol. The Bertz CT molecular complexity index is 1270. The van der Waals surface area contributed by atoms with E-state index < -0.39 is 0 Å². The molecule has 0 amide bonds. The van der Waals surface area contributed by atoms with Crippen molar-refractivity contribution >= 4 is 49.1 Å². The number of nitriles is 1. The molecule has 0 spiro atoms. The lowest BCUT2D eigenvalue weighted by molar-refractivity contribution is 0.103. The molecule has 0 fully saturated rings. The Kier molecular flexibility index (Phi) is 8.65. The number of hydrogen-bond donors (Lipinski definition) is 0. The molecular formula is C28H16Br2N2O2. The Labute approximate surface area is 214 Å². The van der Waals surface area contributed by atoms with E-state index in [1.807, 2.05) is 54.6 Å². The van der Waals surface area contributed by atoms with Crippen LogP contribution in [0.2, 0.25) is 0 Å². The van der Waals surface area contributed by atoms with Gasteiger partial charge in [-0.15, -0.1) is 0 Å². The van der Waals surface area contributed by atoms with Gasteiger partial charge in [-0.2, -0.15) is 5.26 Å². The third-order valence-corrected chi connectivity index (χ3v) is 5.80. The predicted molar refractivity (Wildman–Crippen MR) is 139 cm³/mol. The van der Waals surface area contributed by atoms with Gasteiger partial charge in [0, 0.05) is 31.2 Å². The van der Waals surface area contributed by atoms with Crippen LogP contribution in [-0.2, 0) is 0 Å². The summed E-state index contributed by atoms with van der Waals surface area (Å²) in [5.74, 6) is -0.0731. The summed E-state index contributed by atoms with van der Waals surface area (Å²) in [6.45, 7) is 6.84. The molecule has 0 aliphatic carbocycles. The van der Waals surface area contributed by atoms with Crippen molar-refractivity contribution < 1.29 is 9.59 Å². The molecule has 6 heteroatoms. The molecule has 0 N–H and O–H groups in total. The molecule has 4 nitrogen and oxygen atoms in total. The Morgan fingerprint density at radius 3 is 1.26 bits per heavy atom. The average molecular weight is 572 g/mol. The van der Waals surface area contributed by atoms with Gasteiger partial charge < -0.3 is 0 Å².